The SMILES string of the molecule is COc1ccc(S(=O)(=O)NCC(=O)Nc2cc(C)ccc2C)cc1Cl. The highest BCUT2D eigenvalue weighted by atomic mass is 35.5. The van der Waals surface area contributed by atoms with Gasteiger partial charge in [0.2, 0.25) is 15.9 Å². The summed E-state index contributed by atoms with van der Waals surface area (Å²) in [6, 6.07) is 9.72. The first-order valence-corrected chi connectivity index (χ1v) is 9.29. The summed E-state index contributed by atoms with van der Waals surface area (Å²) >= 11 is 5.94. The van der Waals surface area contributed by atoms with Gasteiger partial charge in [-0.1, -0.05) is 23.7 Å². The number of benzene rings is 2. The third-order valence-corrected chi connectivity index (χ3v) is 5.22. The lowest BCUT2D eigenvalue weighted by Gasteiger charge is -2.11. The van der Waals surface area contributed by atoms with Crippen LogP contribution in [0.1, 0.15) is 11.1 Å². The number of halogens is 1. The fourth-order valence-corrected chi connectivity index (χ4v) is 3.45. The predicted molar refractivity (Wildman–Crippen MR) is 97.7 cm³/mol. The number of ether oxygens (including phenoxy) is 1. The van der Waals surface area contributed by atoms with E-state index in [1.165, 1.54) is 25.3 Å². The Hall–Kier alpha value is -2.09. The number of rotatable bonds is 6. The molecule has 0 aromatic heterocycles. The molecule has 1 amide bonds. The number of hydrogen-bond acceptors (Lipinski definition) is 4. The Labute approximate surface area is 152 Å². The van der Waals surface area contributed by atoms with Gasteiger partial charge >= 0.3 is 0 Å². The Morgan fingerprint density at radius 1 is 1.16 bits per heavy atom. The van der Waals surface area contributed by atoms with Crippen molar-refractivity contribution in [2.45, 2.75) is 18.7 Å². The minimum Gasteiger partial charge on any atom is -0.495 e. The van der Waals surface area contributed by atoms with E-state index in [9.17, 15) is 13.2 Å². The van der Waals surface area contributed by atoms with Crippen LogP contribution >= 0.6 is 11.6 Å². The van der Waals surface area contributed by atoms with Crippen LogP contribution in [0.3, 0.4) is 0 Å². The van der Waals surface area contributed by atoms with Crippen LogP contribution in [0, 0.1) is 13.8 Å². The second-order valence-electron chi connectivity index (χ2n) is 5.49. The maximum absolute atomic E-state index is 12.3. The van der Waals surface area contributed by atoms with E-state index in [1.54, 1.807) is 0 Å². The van der Waals surface area contributed by atoms with Crippen LogP contribution in [0.4, 0.5) is 5.69 Å². The van der Waals surface area contributed by atoms with Gasteiger partial charge in [-0.05, 0) is 49.2 Å². The number of sulfonamides is 1. The van der Waals surface area contributed by atoms with Gasteiger partial charge in [0.1, 0.15) is 5.75 Å². The number of methoxy groups -OCH3 is 1. The summed E-state index contributed by atoms with van der Waals surface area (Å²) in [5.41, 5.74) is 2.54. The van der Waals surface area contributed by atoms with Crippen LogP contribution in [0.2, 0.25) is 5.02 Å². The molecule has 0 saturated heterocycles. The molecule has 2 rings (SSSR count). The molecule has 6 nitrogen and oxygen atoms in total. The summed E-state index contributed by atoms with van der Waals surface area (Å²) in [4.78, 5) is 12.0. The summed E-state index contributed by atoms with van der Waals surface area (Å²) in [7, 11) is -2.43. The van der Waals surface area contributed by atoms with E-state index in [-0.39, 0.29) is 16.5 Å². The zero-order valence-corrected chi connectivity index (χ0v) is 15.7. The summed E-state index contributed by atoms with van der Waals surface area (Å²) in [5, 5.41) is 2.86. The van der Waals surface area contributed by atoms with Crippen LogP contribution in [0.15, 0.2) is 41.3 Å². The molecular formula is C17H19ClN2O4S. The van der Waals surface area contributed by atoms with Crippen LogP contribution in [0.5, 0.6) is 5.75 Å². The van der Waals surface area contributed by atoms with Crippen LogP contribution in [-0.2, 0) is 14.8 Å². The zero-order chi connectivity index (χ0) is 18.6. The number of carbonyl (C=O) groups is 1. The normalized spacial score (nSPS) is 11.2. The van der Waals surface area contributed by atoms with Crippen LogP contribution in [-0.4, -0.2) is 28.0 Å². The molecule has 0 radical (unpaired) electrons. The third kappa shape index (κ3) is 4.94. The van der Waals surface area contributed by atoms with Crippen molar-refractivity contribution in [2.24, 2.45) is 0 Å². The second-order valence-corrected chi connectivity index (χ2v) is 7.66. The highest BCUT2D eigenvalue weighted by Crippen LogP contribution is 2.26. The molecule has 0 aliphatic rings. The quantitative estimate of drug-likeness (QED) is 0.804. The van der Waals surface area contributed by atoms with Gasteiger partial charge in [-0.15, -0.1) is 0 Å². The number of amides is 1. The maximum atomic E-state index is 12.3. The van der Waals surface area contributed by atoms with Gasteiger partial charge in [0.15, 0.2) is 0 Å². The summed E-state index contributed by atoms with van der Waals surface area (Å²) in [5.74, 6) is -0.0924. The van der Waals surface area contributed by atoms with E-state index in [4.69, 9.17) is 16.3 Å². The fourth-order valence-electron chi connectivity index (χ4n) is 2.12. The van der Waals surface area contributed by atoms with E-state index >= 15 is 0 Å². The van der Waals surface area contributed by atoms with Crippen molar-refractivity contribution in [3.05, 3.63) is 52.5 Å². The van der Waals surface area contributed by atoms with Gasteiger partial charge in [-0.3, -0.25) is 4.79 Å². The average Bonchev–Trinajstić information content (AvgIpc) is 2.56. The van der Waals surface area contributed by atoms with Gasteiger partial charge in [0, 0.05) is 5.69 Å². The summed E-state index contributed by atoms with van der Waals surface area (Å²) in [6.45, 7) is 3.38. The van der Waals surface area contributed by atoms with Crippen molar-refractivity contribution in [3.63, 3.8) is 0 Å². The molecule has 2 aromatic rings. The van der Waals surface area contributed by atoms with E-state index < -0.39 is 15.9 Å². The lowest BCUT2D eigenvalue weighted by Crippen LogP contribution is -2.33. The molecule has 0 unspecified atom stereocenters. The molecule has 2 aromatic carbocycles. The maximum Gasteiger partial charge on any atom is 0.241 e. The molecule has 134 valence electrons. The van der Waals surface area contributed by atoms with Crippen molar-refractivity contribution < 1.29 is 17.9 Å². The van der Waals surface area contributed by atoms with Crippen molar-refractivity contribution in [1.29, 1.82) is 0 Å². The Kier molecular flexibility index (Phi) is 6.05. The highest BCUT2D eigenvalue weighted by molar-refractivity contribution is 7.89. The molecule has 0 aliphatic carbocycles. The fraction of sp³-hybridized carbons (Fsp3) is 0.235. The lowest BCUT2D eigenvalue weighted by atomic mass is 10.1. The average molecular weight is 383 g/mol. The Bertz CT molecular complexity index is 898. The zero-order valence-electron chi connectivity index (χ0n) is 14.1. The van der Waals surface area contributed by atoms with Gasteiger partial charge in [0.05, 0.1) is 23.6 Å². The van der Waals surface area contributed by atoms with Crippen LogP contribution < -0.4 is 14.8 Å². The molecule has 0 heterocycles. The van der Waals surface area contributed by atoms with Gasteiger partial charge < -0.3 is 10.1 Å². The Balaban J connectivity index is 2.05. The lowest BCUT2D eigenvalue weighted by molar-refractivity contribution is -0.115. The van der Waals surface area contributed by atoms with Gasteiger partial charge in [-0.25, -0.2) is 13.1 Å². The predicted octanol–water partition coefficient (Wildman–Crippen LogP) is 2.88. The van der Waals surface area contributed by atoms with E-state index in [1.807, 2.05) is 32.0 Å². The largest absolute Gasteiger partial charge is 0.495 e. The molecule has 25 heavy (non-hydrogen) atoms. The third-order valence-electron chi connectivity index (χ3n) is 3.52. The number of aryl methyl sites for hydroxylation is 2. The molecule has 0 saturated carbocycles. The number of anilines is 1. The minimum absolute atomic E-state index is 0.0437. The first-order valence-electron chi connectivity index (χ1n) is 7.43. The smallest absolute Gasteiger partial charge is 0.241 e. The Morgan fingerprint density at radius 3 is 2.52 bits per heavy atom. The van der Waals surface area contributed by atoms with Crippen molar-refractivity contribution in [3.8, 4) is 5.75 Å². The molecule has 0 spiro atoms. The topological polar surface area (TPSA) is 84.5 Å². The Morgan fingerprint density at radius 2 is 1.88 bits per heavy atom. The first kappa shape index (κ1) is 19.2. The van der Waals surface area contributed by atoms with E-state index in [0.717, 1.165) is 11.1 Å². The molecule has 2 N–H and O–H groups in total. The molecule has 0 bridgehead atoms. The van der Waals surface area contributed by atoms with Crippen molar-refractivity contribution in [2.75, 3.05) is 19.0 Å². The number of hydrogen-bond donors (Lipinski definition) is 2. The monoisotopic (exact) mass is 382 g/mol. The van der Waals surface area contributed by atoms with E-state index in [2.05, 4.69) is 10.0 Å². The van der Waals surface area contributed by atoms with E-state index in [0.29, 0.717) is 11.4 Å². The summed E-state index contributed by atoms with van der Waals surface area (Å²) < 4.78 is 31.8. The molecule has 0 fully saturated rings. The molecule has 0 aliphatic heterocycles. The van der Waals surface area contributed by atoms with Crippen LogP contribution in [0.25, 0.3) is 0 Å². The molecule has 0 atom stereocenters. The van der Waals surface area contributed by atoms with Crippen molar-refractivity contribution >= 4 is 33.2 Å². The van der Waals surface area contributed by atoms with Crippen molar-refractivity contribution in [1.82, 2.24) is 4.72 Å². The molecule has 8 heteroatoms. The highest BCUT2D eigenvalue weighted by Gasteiger charge is 2.17. The second kappa shape index (κ2) is 7.86. The number of nitrogens with one attached hydrogen (secondary N) is 2. The standard InChI is InChI=1S/C17H19ClN2O4S/c1-11-4-5-12(2)15(8-11)20-17(21)10-19-25(22,23)13-6-7-16(24-3)14(18)9-13/h4-9,19H,10H2,1-3H3,(H,20,21). The first-order chi connectivity index (χ1) is 11.7. The minimum atomic E-state index is -3.86. The van der Waals surface area contributed by atoms with Gasteiger partial charge in [-0.2, -0.15) is 0 Å². The van der Waals surface area contributed by atoms with Gasteiger partial charge in [0.25, 0.3) is 0 Å². The summed E-state index contributed by atoms with van der Waals surface area (Å²) in [6.07, 6.45) is 0. The number of carbonyl (C=O) groups excluding carboxylic acids is 1. The molecular weight excluding hydrogens is 364 g/mol.